The number of nitrogens with zero attached hydrogens (tertiary/aromatic N) is 1. The van der Waals surface area contributed by atoms with E-state index in [9.17, 15) is 5.11 Å². The number of ether oxygens (including phenoxy) is 2. The summed E-state index contributed by atoms with van der Waals surface area (Å²) in [7, 11) is 0. The van der Waals surface area contributed by atoms with Gasteiger partial charge in [-0.2, -0.15) is 5.10 Å². The van der Waals surface area contributed by atoms with Crippen LogP contribution in [0.15, 0.2) is 42.5 Å². The molecule has 0 aliphatic carbocycles. The molecule has 1 aliphatic heterocycles. The molecule has 0 fully saturated rings. The molecule has 0 amide bonds. The van der Waals surface area contributed by atoms with E-state index in [-0.39, 0.29) is 6.61 Å². The number of aliphatic hydroxyl groups excluding tert-OH is 1. The number of aliphatic hydroxyl groups is 1. The van der Waals surface area contributed by atoms with Gasteiger partial charge in [-0.25, -0.2) is 0 Å². The third-order valence-electron chi connectivity index (χ3n) is 4.92. The van der Waals surface area contributed by atoms with Gasteiger partial charge in [-0.15, -0.1) is 0 Å². The van der Waals surface area contributed by atoms with Crippen molar-refractivity contribution in [1.29, 1.82) is 0 Å². The normalized spacial score (nSPS) is 17.3. The highest BCUT2D eigenvalue weighted by Crippen LogP contribution is 2.27. The zero-order chi connectivity index (χ0) is 18.6. The second kappa shape index (κ2) is 7.98. The van der Waals surface area contributed by atoms with Gasteiger partial charge in [0.2, 0.25) is 0 Å². The van der Waals surface area contributed by atoms with E-state index in [1.54, 1.807) is 0 Å². The number of H-pyrrole nitrogens is 1. The number of nitrogens with one attached hydrogen (secondary N) is 2. The predicted octanol–water partition coefficient (Wildman–Crippen LogP) is 2.45. The van der Waals surface area contributed by atoms with Crippen molar-refractivity contribution in [3.05, 3.63) is 53.7 Å². The van der Waals surface area contributed by atoms with E-state index in [2.05, 4.69) is 21.6 Å². The minimum absolute atomic E-state index is 0.237. The van der Waals surface area contributed by atoms with E-state index < -0.39 is 6.10 Å². The van der Waals surface area contributed by atoms with Crippen LogP contribution in [-0.4, -0.2) is 47.7 Å². The molecule has 3 aromatic rings. The summed E-state index contributed by atoms with van der Waals surface area (Å²) in [5.41, 5.74) is 3.09. The van der Waals surface area contributed by atoms with E-state index >= 15 is 0 Å². The van der Waals surface area contributed by atoms with E-state index in [1.807, 2.05) is 43.3 Å². The first-order valence-electron chi connectivity index (χ1n) is 9.36. The van der Waals surface area contributed by atoms with Gasteiger partial charge in [0.15, 0.2) is 0 Å². The molecule has 0 bridgehead atoms. The number of hydrogen-bond acceptors (Lipinski definition) is 5. The molecule has 0 spiro atoms. The van der Waals surface area contributed by atoms with Crippen LogP contribution < -0.4 is 14.8 Å². The Labute approximate surface area is 158 Å². The summed E-state index contributed by atoms with van der Waals surface area (Å²) in [6.07, 6.45) is 0.418. The maximum Gasteiger partial charge on any atom is 0.130 e. The Morgan fingerprint density at radius 3 is 3.11 bits per heavy atom. The maximum absolute atomic E-state index is 10.2. The summed E-state index contributed by atoms with van der Waals surface area (Å²) in [4.78, 5) is 0. The van der Waals surface area contributed by atoms with E-state index in [1.165, 1.54) is 5.56 Å². The van der Waals surface area contributed by atoms with Crippen LogP contribution in [0.25, 0.3) is 10.9 Å². The van der Waals surface area contributed by atoms with Crippen LogP contribution in [0.3, 0.4) is 0 Å². The first-order valence-corrected chi connectivity index (χ1v) is 9.36. The van der Waals surface area contributed by atoms with Gasteiger partial charge in [0.05, 0.1) is 17.5 Å². The molecule has 1 aliphatic rings. The Balaban J connectivity index is 1.23. The molecule has 3 N–H and O–H groups in total. The van der Waals surface area contributed by atoms with Crippen molar-refractivity contribution >= 4 is 10.9 Å². The van der Waals surface area contributed by atoms with Gasteiger partial charge < -0.3 is 19.9 Å². The first-order chi connectivity index (χ1) is 13.2. The predicted molar refractivity (Wildman–Crippen MR) is 104 cm³/mol. The molecule has 4 rings (SSSR count). The minimum atomic E-state index is -0.579. The fourth-order valence-electron chi connectivity index (χ4n) is 3.53. The quantitative estimate of drug-likeness (QED) is 0.598. The largest absolute Gasteiger partial charge is 0.493 e. The van der Waals surface area contributed by atoms with Gasteiger partial charge in [-0.3, -0.25) is 5.10 Å². The fourth-order valence-corrected chi connectivity index (χ4v) is 3.53. The summed E-state index contributed by atoms with van der Waals surface area (Å²) in [6, 6.07) is 13.9. The third kappa shape index (κ3) is 4.07. The zero-order valence-corrected chi connectivity index (χ0v) is 15.4. The van der Waals surface area contributed by atoms with Crippen LogP contribution in [0.1, 0.15) is 11.3 Å². The highest BCUT2D eigenvalue weighted by atomic mass is 16.5. The Kier molecular flexibility index (Phi) is 5.27. The second-order valence-corrected chi connectivity index (χ2v) is 7.11. The molecule has 2 atom stereocenters. The summed E-state index contributed by atoms with van der Waals surface area (Å²) >= 11 is 0. The lowest BCUT2D eigenvalue weighted by Gasteiger charge is -2.25. The molecule has 0 saturated heterocycles. The van der Waals surface area contributed by atoms with Crippen LogP contribution in [0, 0.1) is 12.8 Å². The topological polar surface area (TPSA) is 79.4 Å². The van der Waals surface area contributed by atoms with Gasteiger partial charge in [-0.1, -0.05) is 24.3 Å². The smallest absolute Gasteiger partial charge is 0.130 e. The Morgan fingerprint density at radius 1 is 1.30 bits per heavy atom. The fraction of sp³-hybridized carbons (Fsp3) is 0.381. The molecule has 0 saturated carbocycles. The van der Waals surface area contributed by atoms with Gasteiger partial charge in [0.25, 0.3) is 0 Å². The first kappa shape index (κ1) is 17.8. The number of fused-ring (bicyclic) bond motifs is 2. The van der Waals surface area contributed by atoms with E-state index in [4.69, 9.17) is 9.47 Å². The number of para-hydroxylation sites is 1. The molecule has 2 aromatic carbocycles. The average molecular weight is 367 g/mol. The Hall–Kier alpha value is -2.57. The number of rotatable bonds is 7. The van der Waals surface area contributed by atoms with Crippen molar-refractivity contribution in [1.82, 2.24) is 15.5 Å². The van der Waals surface area contributed by atoms with Crippen molar-refractivity contribution in [3.8, 4) is 11.5 Å². The zero-order valence-electron chi connectivity index (χ0n) is 15.4. The van der Waals surface area contributed by atoms with Crippen molar-refractivity contribution in [2.24, 2.45) is 5.92 Å². The third-order valence-corrected chi connectivity index (χ3v) is 4.92. The lowest BCUT2D eigenvalue weighted by Crippen LogP contribution is -2.37. The molecule has 1 unspecified atom stereocenters. The average Bonchev–Trinajstić information content (AvgIpc) is 3.08. The van der Waals surface area contributed by atoms with Gasteiger partial charge >= 0.3 is 0 Å². The monoisotopic (exact) mass is 367 g/mol. The van der Waals surface area contributed by atoms with Crippen molar-refractivity contribution in [2.75, 3.05) is 26.3 Å². The number of benzene rings is 2. The van der Waals surface area contributed by atoms with Crippen molar-refractivity contribution in [3.63, 3.8) is 0 Å². The van der Waals surface area contributed by atoms with Gasteiger partial charge in [0.1, 0.15) is 24.2 Å². The van der Waals surface area contributed by atoms with Crippen LogP contribution >= 0.6 is 0 Å². The van der Waals surface area contributed by atoms with Crippen LogP contribution in [0.5, 0.6) is 11.5 Å². The molecule has 0 radical (unpaired) electrons. The van der Waals surface area contributed by atoms with Gasteiger partial charge in [-0.05, 0) is 37.1 Å². The van der Waals surface area contributed by atoms with Crippen LogP contribution in [0.4, 0.5) is 0 Å². The van der Waals surface area contributed by atoms with Gasteiger partial charge in [0, 0.05) is 24.7 Å². The number of aromatic amines is 1. The number of aromatic nitrogens is 2. The number of hydrogen-bond donors (Lipinski definition) is 3. The molecular formula is C21H25N3O3. The second-order valence-electron chi connectivity index (χ2n) is 7.11. The van der Waals surface area contributed by atoms with Crippen molar-refractivity contribution < 1.29 is 14.6 Å². The molecule has 1 aromatic heterocycles. The molecule has 2 heterocycles. The summed E-state index contributed by atoms with van der Waals surface area (Å²) in [6.45, 7) is 4.20. The number of aryl methyl sites for hydroxylation is 1. The van der Waals surface area contributed by atoms with Crippen LogP contribution in [0.2, 0.25) is 0 Å². The van der Waals surface area contributed by atoms with Crippen LogP contribution in [-0.2, 0) is 6.42 Å². The van der Waals surface area contributed by atoms with Crippen molar-refractivity contribution in [2.45, 2.75) is 19.4 Å². The van der Waals surface area contributed by atoms with E-state index in [0.29, 0.717) is 19.1 Å². The SMILES string of the molecule is Cc1[nH]nc2cccc(OC[C@@H](O)CNCC3COc4ccccc4C3)c12. The molecule has 6 heteroatoms. The van der Waals surface area contributed by atoms with E-state index in [0.717, 1.165) is 41.1 Å². The molecule has 6 nitrogen and oxygen atoms in total. The highest BCUT2D eigenvalue weighted by molar-refractivity contribution is 5.87. The lowest BCUT2D eigenvalue weighted by molar-refractivity contribution is 0.104. The summed E-state index contributed by atoms with van der Waals surface area (Å²) in [5, 5.41) is 21.8. The maximum atomic E-state index is 10.2. The molecule has 27 heavy (non-hydrogen) atoms. The molecular weight excluding hydrogens is 342 g/mol. The molecule has 142 valence electrons. The highest BCUT2D eigenvalue weighted by Gasteiger charge is 2.19. The lowest BCUT2D eigenvalue weighted by atomic mass is 9.97. The minimum Gasteiger partial charge on any atom is -0.493 e. The Bertz CT molecular complexity index is 909. The summed E-state index contributed by atoms with van der Waals surface area (Å²) < 4.78 is 11.6. The summed E-state index contributed by atoms with van der Waals surface area (Å²) in [5.74, 6) is 2.15. The Morgan fingerprint density at radius 2 is 2.19 bits per heavy atom. The standard InChI is InChI=1S/C21H25N3O3/c1-14-21-18(24-23-14)6-4-8-20(21)27-13-17(25)11-22-10-15-9-16-5-2-3-7-19(16)26-12-15/h2-8,15,17,22,25H,9-13H2,1H3,(H,23,24)/t15?,17-/m0/s1.